The monoisotopic (exact) mass is 382 g/mol. The molecule has 2 aromatic rings. The zero-order chi connectivity index (χ0) is 20.2. The molecule has 2 aromatic carbocycles. The fraction of sp³-hybridized carbons (Fsp3) is 0.300. The van der Waals surface area contributed by atoms with Gasteiger partial charge in [0.1, 0.15) is 12.1 Å². The summed E-state index contributed by atoms with van der Waals surface area (Å²) in [5.74, 6) is -1.50. The summed E-state index contributed by atoms with van der Waals surface area (Å²) in [5.41, 5.74) is 9.22. The fourth-order valence-electron chi connectivity index (χ4n) is 2.54. The first-order chi connectivity index (χ1) is 13.6. The van der Waals surface area contributed by atoms with Crippen LogP contribution in [0, 0.1) is 5.53 Å². The van der Waals surface area contributed by atoms with Gasteiger partial charge in [0.25, 0.3) is 0 Å². The quantitative estimate of drug-likeness (QED) is 0.364. The number of hydroxylamine groups is 2. The molecule has 146 valence electrons. The number of carbonyl (C=O) groups excluding carboxylic acids is 2. The summed E-state index contributed by atoms with van der Waals surface area (Å²) < 4.78 is 0. The average molecular weight is 382 g/mol. The first-order valence-corrected chi connectivity index (χ1v) is 8.92. The van der Waals surface area contributed by atoms with Crippen molar-refractivity contribution in [2.75, 3.05) is 6.54 Å². The predicted molar refractivity (Wildman–Crippen MR) is 98.9 cm³/mol. The summed E-state index contributed by atoms with van der Waals surface area (Å²) in [6.07, 6.45) is 1.22. The lowest BCUT2D eigenvalue weighted by atomic mass is 10.1. The fourth-order valence-corrected chi connectivity index (χ4v) is 2.54. The first-order valence-electron chi connectivity index (χ1n) is 8.92. The zero-order valence-corrected chi connectivity index (χ0v) is 15.4. The van der Waals surface area contributed by atoms with Gasteiger partial charge in [-0.05, 0) is 36.1 Å². The molecule has 28 heavy (non-hydrogen) atoms. The maximum atomic E-state index is 12.4. The number of nitrogens with zero attached hydrogens (tertiary/aromatic N) is 3. The summed E-state index contributed by atoms with van der Waals surface area (Å²) in [5, 5.41) is 15.5. The Labute approximate surface area is 162 Å². The van der Waals surface area contributed by atoms with E-state index in [0.717, 1.165) is 16.2 Å². The molecule has 0 aliphatic carbocycles. The Bertz CT molecular complexity index is 818. The number of carboxylic acid groups (broad SMARTS) is 1. The molecule has 0 aliphatic heterocycles. The van der Waals surface area contributed by atoms with Gasteiger partial charge in [0.15, 0.2) is 10.8 Å². The van der Waals surface area contributed by atoms with Gasteiger partial charge in [-0.2, -0.15) is 0 Å². The maximum absolute atomic E-state index is 12.4. The van der Waals surface area contributed by atoms with E-state index in [0.29, 0.717) is 18.5 Å². The summed E-state index contributed by atoms with van der Waals surface area (Å²) >= 11 is 0. The van der Waals surface area contributed by atoms with Gasteiger partial charge >= 0.3 is 0 Å². The van der Waals surface area contributed by atoms with E-state index in [4.69, 9.17) is 10.4 Å². The number of rotatable bonds is 11. The van der Waals surface area contributed by atoms with Gasteiger partial charge < -0.3 is 9.90 Å². The molecular formula is C20H22N4O4. The second kappa shape index (κ2) is 11.4. The van der Waals surface area contributed by atoms with E-state index in [1.807, 2.05) is 42.5 Å². The van der Waals surface area contributed by atoms with Gasteiger partial charge in [-0.1, -0.05) is 42.5 Å². The highest BCUT2D eigenvalue weighted by Crippen LogP contribution is 2.14. The highest BCUT2D eigenvalue weighted by molar-refractivity contribution is 5.75. The first kappa shape index (κ1) is 21.0. The van der Waals surface area contributed by atoms with Crippen molar-refractivity contribution in [1.82, 2.24) is 9.97 Å². The normalized spacial score (nSPS) is 10.1. The molecule has 0 heterocycles. The van der Waals surface area contributed by atoms with E-state index >= 15 is 0 Å². The second-order valence-electron chi connectivity index (χ2n) is 6.10. The molecule has 0 spiro atoms. The highest BCUT2D eigenvalue weighted by Gasteiger charge is 2.14. The van der Waals surface area contributed by atoms with E-state index in [1.165, 1.54) is 0 Å². The third-order valence-corrected chi connectivity index (χ3v) is 3.98. The van der Waals surface area contributed by atoms with Crippen LogP contribution in [0.4, 0.5) is 5.69 Å². The van der Waals surface area contributed by atoms with E-state index in [1.54, 1.807) is 12.1 Å². The van der Waals surface area contributed by atoms with Crippen LogP contribution in [0.5, 0.6) is 0 Å². The topological polar surface area (TPSA) is 120 Å². The minimum absolute atomic E-state index is 0.0547. The van der Waals surface area contributed by atoms with Crippen molar-refractivity contribution in [1.29, 1.82) is 5.53 Å². The van der Waals surface area contributed by atoms with Crippen LogP contribution in [0.15, 0.2) is 59.7 Å². The van der Waals surface area contributed by atoms with Crippen LogP contribution in [0.2, 0.25) is 0 Å². The summed E-state index contributed by atoms with van der Waals surface area (Å²) in [6, 6.07) is 16.6. The molecule has 0 saturated carbocycles. The van der Waals surface area contributed by atoms with E-state index in [9.17, 15) is 14.7 Å². The van der Waals surface area contributed by atoms with Crippen molar-refractivity contribution < 1.29 is 19.5 Å². The van der Waals surface area contributed by atoms with Crippen LogP contribution < -0.4 is 10.0 Å². The van der Waals surface area contributed by atoms with Crippen LogP contribution in [0.3, 0.4) is 0 Å². The molecule has 2 rings (SSSR count). The van der Waals surface area contributed by atoms with Gasteiger partial charge in [0.05, 0.1) is 6.54 Å². The number of carbonyl (C=O) groups is 2. The number of carboxylic acids is 1. The third kappa shape index (κ3) is 7.49. The molecule has 0 bridgehead atoms. The van der Waals surface area contributed by atoms with Crippen molar-refractivity contribution in [3.05, 3.63) is 65.7 Å². The average Bonchev–Trinajstić information content (AvgIpc) is 2.70. The molecule has 0 saturated heterocycles. The van der Waals surface area contributed by atoms with Crippen molar-refractivity contribution in [2.24, 2.45) is 5.11 Å². The smallest absolute Gasteiger partial charge is 0.246 e. The molecule has 8 heteroatoms. The molecule has 1 amide bonds. The van der Waals surface area contributed by atoms with Gasteiger partial charge in [-0.15, -0.1) is 0 Å². The Kier molecular flexibility index (Phi) is 8.52. The van der Waals surface area contributed by atoms with Gasteiger partial charge in [-0.25, -0.2) is 5.06 Å². The van der Waals surface area contributed by atoms with Gasteiger partial charge in [0.2, 0.25) is 10.8 Å². The Morgan fingerprint density at radius 1 is 1.04 bits per heavy atom. The summed E-state index contributed by atoms with van der Waals surface area (Å²) in [6.45, 7) is 0.131. The number of benzene rings is 2. The van der Waals surface area contributed by atoms with E-state index in [-0.39, 0.29) is 31.9 Å². The Hall–Kier alpha value is -3.35. The third-order valence-electron chi connectivity index (χ3n) is 3.98. The standard InChI is InChI=1S/C20H22N4O4/c21-23-22-18-11-9-16(10-12-18)7-4-8-19(25)24(14-13-20(26)27)28-15-17-5-2-1-3-6-17/h1-3,5-6,9-12,21H,4,7-8,13-15H2. The SMILES string of the molecule is N=[N+]=Nc1ccc(CCCC(=O)N(CCC(=O)[O-])OCc2ccccc2)cc1. The lowest BCUT2D eigenvalue weighted by molar-refractivity contribution is -0.307. The van der Waals surface area contributed by atoms with Gasteiger partial charge in [-0.3, -0.25) is 9.63 Å². The largest absolute Gasteiger partial charge is 0.550 e. The Morgan fingerprint density at radius 3 is 2.39 bits per heavy atom. The Morgan fingerprint density at radius 2 is 1.75 bits per heavy atom. The van der Waals surface area contributed by atoms with Crippen molar-refractivity contribution in [2.45, 2.75) is 32.3 Å². The van der Waals surface area contributed by atoms with Crippen molar-refractivity contribution in [3.63, 3.8) is 0 Å². The maximum Gasteiger partial charge on any atom is 0.246 e. The van der Waals surface area contributed by atoms with Crippen LogP contribution in [0.1, 0.15) is 30.4 Å². The molecule has 0 fully saturated rings. The summed E-state index contributed by atoms with van der Waals surface area (Å²) in [4.78, 5) is 31.7. The van der Waals surface area contributed by atoms with Crippen LogP contribution in [0.25, 0.3) is 0 Å². The van der Waals surface area contributed by atoms with Gasteiger partial charge in [0, 0.05) is 18.8 Å². The summed E-state index contributed by atoms with van der Waals surface area (Å²) in [7, 11) is 0. The molecular weight excluding hydrogens is 360 g/mol. The minimum atomic E-state index is -1.23. The number of amides is 1. The second-order valence-corrected chi connectivity index (χ2v) is 6.10. The molecule has 0 atom stereocenters. The molecule has 0 aromatic heterocycles. The van der Waals surface area contributed by atoms with E-state index < -0.39 is 5.97 Å². The highest BCUT2D eigenvalue weighted by atomic mass is 16.7. The number of hydrogen-bond donors (Lipinski definition) is 1. The van der Waals surface area contributed by atoms with Crippen molar-refractivity contribution in [3.8, 4) is 0 Å². The van der Waals surface area contributed by atoms with Crippen LogP contribution in [-0.4, -0.2) is 23.5 Å². The number of nitrogens with one attached hydrogen (secondary N) is 1. The number of hydrogen-bond acceptors (Lipinski definition) is 6. The molecule has 0 radical (unpaired) electrons. The molecule has 1 N–H and O–H groups in total. The van der Waals surface area contributed by atoms with Crippen LogP contribution in [-0.2, 0) is 27.5 Å². The lowest BCUT2D eigenvalue weighted by Crippen LogP contribution is -2.35. The lowest BCUT2D eigenvalue weighted by Gasteiger charge is -2.22. The number of aryl methyl sites for hydroxylation is 1. The minimum Gasteiger partial charge on any atom is -0.550 e. The number of aliphatic carboxylic acids is 1. The van der Waals surface area contributed by atoms with E-state index in [2.05, 4.69) is 10.0 Å². The van der Waals surface area contributed by atoms with Crippen molar-refractivity contribution >= 4 is 17.6 Å². The molecule has 0 aliphatic rings. The Balaban J connectivity index is 1.85. The molecule has 0 unspecified atom stereocenters. The van der Waals surface area contributed by atoms with Crippen LogP contribution >= 0.6 is 0 Å². The zero-order valence-electron chi connectivity index (χ0n) is 15.4. The molecule has 8 nitrogen and oxygen atoms in total. The predicted octanol–water partition coefficient (Wildman–Crippen LogP) is 2.29.